The highest BCUT2D eigenvalue weighted by Crippen LogP contribution is 1.82. The summed E-state index contributed by atoms with van der Waals surface area (Å²) in [7, 11) is 0. The fourth-order valence-electron chi connectivity index (χ4n) is 0.482. The zero-order chi connectivity index (χ0) is 8.85. The van der Waals surface area contributed by atoms with Crippen molar-refractivity contribution in [3.8, 4) is 0 Å². The van der Waals surface area contributed by atoms with E-state index in [0.717, 1.165) is 0 Å². The molecule has 0 spiro atoms. The van der Waals surface area contributed by atoms with Gasteiger partial charge in [0.2, 0.25) is 5.91 Å². The Morgan fingerprint density at radius 3 is 2.27 bits per heavy atom. The molecule has 0 aliphatic rings. The van der Waals surface area contributed by atoms with Crippen LogP contribution in [0.3, 0.4) is 0 Å². The third kappa shape index (κ3) is 3.92. The molecule has 0 rings (SSSR count). The fourth-order valence-corrected chi connectivity index (χ4v) is 0.482. The first-order valence-electron chi connectivity index (χ1n) is 3.39. The van der Waals surface area contributed by atoms with E-state index in [1.807, 2.05) is 0 Å². The van der Waals surface area contributed by atoms with Gasteiger partial charge in [-0.3, -0.25) is 4.79 Å². The van der Waals surface area contributed by atoms with E-state index in [1.54, 1.807) is 0 Å². The number of nitrogens with one attached hydrogen (secondary N) is 1. The molecule has 0 saturated heterocycles. The molecule has 11 heavy (non-hydrogen) atoms. The van der Waals surface area contributed by atoms with E-state index >= 15 is 0 Å². The predicted molar refractivity (Wildman–Crippen MR) is 39.8 cm³/mol. The van der Waals surface area contributed by atoms with Crippen molar-refractivity contribution in [2.24, 2.45) is 5.73 Å². The summed E-state index contributed by atoms with van der Waals surface area (Å²) in [6, 6.07) is -1.22. The molecule has 0 radical (unpaired) electrons. The normalized spacial score (nSPS) is 13.2. The molecule has 0 aromatic carbocycles. The lowest BCUT2D eigenvalue weighted by molar-refractivity contribution is -0.123. The number of rotatable bonds is 4. The van der Waals surface area contributed by atoms with E-state index in [1.165, 1.54) is 6.92 Å². The van der Waals surface area contributed by atoms with Gasteiger partial charge in [-0.1, -0.05) is 0 Å². The fraction of sp³-hybridized carbons (Fsp3) is 0.833. The molecule has 1 atom stereocenters. The molecule has 0 heterocycles. The van der Waals surface area contributed by atoms with Gasteiger partial charge in [0, 0.05) is 0 Å². The number of hydrogen-bond acceptors (Lipinski definition) is 4. The first kappa shape index (κ1) is 10.3. The summed E-state index contributed by atoms with van der Waals surface area (Å²) in [6.45, 7) is 0.963. The standard InChI is InChI=1S/C6H14N2O3/c1-4(7)6(11)8-5(2-9)3-10/h4-5,9-10H,2-3,7H2,1H3,(H,8,11)/t4-/m1/s1. The lowest BCUT2D eigenvalue weighted by atomic mass is 10.3. The maximum atomic E-state index is 10.8. The SMILES string of the molecule is C[C@@H](N)C(=O)NC(CO)CO. The van der Waals surface area contributed by atoms with E-state index < -0.39 is 12.1 Å². The van der Waals surface area contributed by atoms with E-state index in [2.05, 4.69) is 5.32 Å². The first-order chi connectivity index (χ1) is 5.11. The average Bonchev–Trinajstić information content (AvgIpc) is 1.99. The second kappa shape index (κ2) is 5.06. The number of amides is 1. The molecule has 0 saturated carbocycles. The van der Waals surface area contributed by atoms with Crippen LogP contribution in [0.2, 0.25) is 0 Å². The molecule has 5 heteroatoms. The molecule has 0 aliphatic carbocycles. The van der Waals surface area contributed by atoms with Gasteiger partial charge in [-0.05, 0) is 6.92 Å². The van der Waals surface area contributed by atoms with Gasteiger partial charge in [0.15, 0.2) is 0 Å². The zero-order valence-corrected chi connectivity index (χ0v) is 6.45. The highest BCUT2D eigenvalue weighted by atomic mass is 16.3. The van der Waals surface area contributed by atoms with Crippen LogP contribution in [0.1, 0.15) is 6.92 Å². The van der Waals surface area contributed by atoms with Crippen LogP contribution in [0, 0.1) is 0 Å². The number of hydrogen-bond donors (Lipinski definition) is 4. The lowest BCUT2D eigenvalue weighted by Gasteiger charge is -2.14. The van der Waals surface area contributed by atoms with Gasteiger partial charge in [0.05, 0.1) is 25.3 Å². The van der Waals surface area contributed by atoms with Gasteiger partial charge in [0.25, 0.3) is 0 Å². The number of aliphatic hydroxyl groups is 2. The Morgan fingerprint density at radius 2 is 2.00 bits per heavy atom. The van der Waals surface area contributed by atoms with Crippen molar-refractivity contribution in [3.63, 3.8) is 0 Å². The van der Waals surface area contributed by atoms with E-state index in [-0.39, 0.29) is 19.1 Å². The summed E-state index contributed by atoms with van der Waals surface area (Å²) >= 11 is 0. The molecule has 1 amide bonds. The van der Waals surface area contributed by atoms with Crippen LogP contribution in [-0.2, 0) is 4.79 Å². The summed E-state index contributed by atoms with van der Waals surface area (Å²) in [5.74, 6) is -0.377. The monoisotopic (exact) mass is 162 g/mol. The van der Waals surface area contributed by atoms with Gasteiger partial charge in [-0.15, -0.1) is 0 Å². The molecule has 0 aliphatic heterocycles. The van der Waals surface area contributed by atoms with Crippen molar-refractivity contribution in [1.82, 2.24) is 5.32 Å². The lowest BCUT2D eigenvalue weighted by Crippen LogP contribution is -2.46. The van der Waals surface area contributed by atoms with E-state index in [9.17, 15) is 4.79 Å². The van der Waals surface area contributed by atoms with Crippen LogP contribution >= 0.6 is 0 Å². The molecule has 66 valence electrons. The Kier molecular flexibility index (Phi) is 4.76. The minimum atomic E-state index is -0.615. The Balaban J connectivity index is 3.72. The molecule has 0 aromatic rings. The predicted octanol–water partition coefficient (Wildman–Crippen LogP) is -2.20. The van der Waals surface area contributed by atoms with Crippen LogP contribution < -0.4 is 11.1 Å². The summed E-state index contributed by atoms with van der Waals surface area (Å²) in [4.78, 5) is 10.8. The van der Waals surface area contributed by atoms with Crippen molar-refractivity contribution in [1.29, 1.82) is 0 Å². The summed E-state index contributed by atoms with van der Waals surface area (Å²) < 4.78 is 0. The van der Waals surface area contributed by atoms with Crippen LogP contribution in [0.25, 0.3) is 0 Å². The topological polar surface area (TPSA) is 95.6 Å². The van der Waals surface area contributed by atoms with Gasteiger partial charge < -0.3 is 21.3 Å². The van der Waals surface area contributed by atoms with Crippen molar-refractivity contribution in [2.45, 2.75) is 19.0 Å². The molecule has 5 nitrogen and oxygen atoms in total. The Hall–Kier alpha value is -0.650. The molecule has 0 unspecified atom stereocenters. The third-order valence-electron chi connectivity index (χ3n) is 1.20. The van der Waals surface area contributed by atoms with Crippen LogP contribution in [0.4, 0.5) is 0 Å². The van der Waals surface area contributed by atoms with Crippen molar-refractivity contribution in [2.75, 3.05) is 13.2 Å². The van der Waals surface area contributed by atoms with Crippen LogP contribution in [0.15, 0.2) is 0 Å². The van der Waals surface area contributed by atoms with E-state index in [4.69, 9.17) is 15.9 Å². The highest BCUT2D eigenvalue weighted by Gasteiger charge is 2.12. The summed E-state index contributed by atoms with van der Waals surface area (Å²) in [5.41, 5.74) is 5.22. The molecular weight excluding hydrogens is 148 g/mol. The maximum absolute atomic E-state index is 10.8. The number of nitrogens with two attached hydrogens (primary N) is 1. The highest BCUT2D eigenvalue weighted by molar-refractivity contribution is 5.81. The van der Waals surface area contributed by atoms with Crippen LogP contribution in [-0.4, -0.2) is 41.4 Å². The Bertz CT molecular complexity index is 123. The van der Waals surface area contributed by atoms with Gasteiger partial charge in [-0.25, -0.2) is 0 Å². The van der Waals surface area contributed by atoms with Gasteiger partial charge in [-0.2, -0.15) is 0 Å². The van der Waals surface area contributed by atoms with Crippen molar-refractivity contribution in [3.05, 3.63) is 0 Å². The smallest absolute Gasteiger partial charge is 0.237 e. The minimum Gasteiger partial charge on any atom is -0.394 e. The van der Waals surface area contributed by atoms with Crippen LogP contribution in [0.5, 0.6) is 0 Å². The van der Waals surface area contributed by atoms with E-state index in [0.29, 0.717) is 0 Å². The largest absolute Gasteiger partial charge is 0.394 e. The van der Waals surface area contributed by atoms with Gasteiger partial charge in [0.1, 0.15) is 0 Å². The van der Waals surface area contributed by atoms with Crippen molar-refractivity contribution >= 4 is 5.91 Å². The molecule has 0 fully saturated rings. The number of carbonyl (C=O) groups excluding carboxylic acids is 1. The van der Waals surface area contributed by atoms with Crippen molar-refractivity contribution < 1.29 is 15.0 Å². The van der Waals surface area contributed by atoms with Gasteiger partial charge >= 0.3 is 0 Å². The summed E-state index contributed by atoms with van der Waals surface area (Å²) in [6.07, 6.45) is 0. The summed E-state index contributed by atoms with van der Waals surface area (Å²) in [5, 5.41) is 19.4. The number of carbonyl (C=O) groups is 1. The average molecular weight is 162 g/mol. The number of aliphatic hydroxyl groups excluding tert-OH is 2. The first-order valence-corrected chi connectivity index (χ1v) is 3.39. The Morgan fingerprint density at radius 1 is 1.55 bits per heavy atom. The molecule has 0 bridgehead atoms. The quantitative estimate of drug-likeness (QED) is 0.377. The molecular formula is C6H14N2O3. The molecule has 0 aromatic heterocycles. The maximum Gasteiger partial charge on any atom is 0.237 e. The molecule has 5 N–H and O–H groups in total. The zero-order valence-electron chi connectivity index (χ0n) is 6.45. The second-order valence-electron chi connectivity index (χ2n) is 2.36. The minimum absolute atomic E-state index is 0.283. The second-order valence-corrected chi connectivity index (χ2v) is 2.36. The third-order valence-corrected chi connectivity index (χ3v) is 1.20. The Labute approximate surface area is 65.2 Å².